The Balaban J connectivity index is 2.03. The van der Waals surface area contributed by atoms with Gasteiger partial charge < -0.3 is 10.1 Å². The van der Waals surface area contributed by atoms with Gasteiger partial charge in [-0.15, -0.1) is 5.10 Å². The van der Waals surface area contributed by atoms with Crippen LogP contribution < -0.4 is 10.1 Å². The summed E-state index contributed by atoms with van der Waals surface area (Å²) in [6.07, 6.45) is -2.88. The number of benzene rings is 1. The first-order valence-corrected chi connectivity index (χ1v) is 8.83. The molecule has 1 atom stereocenters. The van der Waals surface area contributed by atoms with Crippen molar-refractivity contribution in [1.29, 1.82) is 0 Å². The van der Waals surface area contributed by atoms with Crippen LogP contribution in [0.15, 0.2) is 28.7 Å². The van der Waals surface area contributed by atoms with Crippen LogP contribution in [0.3, 0.4) is 0 Å². The number of nitrogens with one attached hydrogen (secondary N) is 1. The van der Waals surface area contributed by atoms with Crippen molar-refractivity contribution in [1.82, 2.24) is 15.2 Å². The molecular formula is C18H16BrF3N4O. The predicted octanol–water partition coefficient (Wildman–Crippen LogP) is 5.35. The van der Waals surface area contributed by atoms with Gasteiger partial charge in [0.25, 0.3) is 6.43 Å². The van der Waals surface area contributed by atoms with Crippen molar-refractivity contribution in [3.8, 4) is 5.88 Å². The number of pyridine rings is 1. The Kier molecular flexibility index (Phi) is 5.50. The lowest BCUT2D eigenvalue weighted by atomic mass is 10.0. The van der Waals surface area contributed by atoms with E-state index in [1.165, 1.54) is 19.2 Å². The summed E-state index contributed by atoms with van der Waals surface area (Å²) in [6.45, 7) is 3.42. The molecule has 0 radical (unpaired) electrons. The van der Waals surface area contributed by atoms with Crippen molar-refractivity contribution in [2.24, 2.45) is 0 Å². The van der Waals surface area contributed by atoms with Crippen molar-refractivity contribution < 1.29 is 17.9 Å². The Bertz CT molecular complexity index is 1000. The van der Waals surface area contributed by atoms with E-state index in [-0.39, 0.29) is 5.56 Å². The summed E-state index contributed by atoms with van der Waals surface area (Å²) in [7, 11) is 1.50. The van der Waals surface area contributed by atoms with Gasteiger partial charge in [-0.25, -0.2) is 18.2 Å². The van der Waals surface area contributed by atoms with E-state index in [4.69, 9.17) is 4.74 Å². The third-order valence-corrected chi connectivity index (χ3v) is 4.72. The van der Waals surface area contributed by atoms with E-state index in [9.17, 15) is 13.2 Å². The number of halogens is 4. The Hall–Kier alpha value is -2.42. The average molecular weight is 441 g/mol. The van der Waals surface area contributed by atoms with Crippen molar-refractivity contribution in [3.05, 3.63) is 51.4 Å². The first-order chi connectivity index (χ1) is 12.8. The summed E-state index contributed by atoms with van der Waals surface area (Å²) in [6, 6.07) is 5.08. The minimum Gasteiger partial charge on any atom is -0.480 e. The van der Waals surface area contributed by atoms with Crippen LogP contribution in [-0.2, 0) is 0 Å². The smallest absolute Gasteiger partial charge is 0.266 e. The fourth-order valence-corrected chi connectivity index (χ4v) is 3.24. The number of nitrogens with zero attached hydrogens (tertiary/aromatic N) is 3. The summed E-state index contributed by atoms with van der Waals surface area (Å²) in [5.74, 6) is -0.174. The lowest BCUT2D eigenvalue weighted by Crippen LogP contribution is -2.12. The minimum absolute atomic E-state index is 0.115. The number of fused-ring (bicyclic) bond motifs is 1. The number of alkyl halides is 2. The number of methoxy groups -OCH3 is 1. The molecule has 0 aliphatic rings. The van der Waals surface area contributed by atoms with E-state index in [1.54, 1.807) is 19.9 Å². The molecule has 2 aromatic heterocycles. The van der Waals surface area contributed by atoms with Gasteiger partial charge in [-0.05, 0) is 35.8 Å². The molecule has 0 bridgehead atoms. The lowest BCUT2D eigenvalue weighted by Gasteiger charge is -2.18. The zero-order valence-corrected chi connectivity index (χ0v) is 16.3. The van der Waals surface area contributed by atoms with Gasteiger partial charge in [-0.3, -0.25) is 0 Å². The molecule has 1 aromatic carbocycles. The zero-order valence-electron chi connectivity index (χ0n) is 14.7. The monoisotopic (exact) mass is 440 g/mol. The molecule has 0 saturated carbocycles. The Morgan fingerprint density at radius 3 is 2.56 bits per heavy atom. The van der Waals surface area contributed by atoms with E-state index in [0.717, 1.165) is 6.07 Å². The summed E-state index contributed by atoms with van der Waals surface area (Å²) in [5.41, 5.74) is 0.653. The maximum atomic E-state index is 14.4. The molecule has 0 aliphatic heterocycles. The molecule has 0 saturated heterocycles. The summed E-state index contributed by atoms with van der Waals surface area (Å²) < 4.78 is 46.2. The molecule has 27 heavy (non-hydrogen) atoms. The van der Waals surface area contributed by atoms with Gasteiger partial charge >= 0.3 is 0 Å². The van der Waals surface area contributed by atoms with Crippen LogP contribution in [0.2, 0.25) is 0 Å². The molecule has 142 valence electrons. The number of ether oxygens (including phenoxy) is 1. The average Bonchev–Trinajstić information content (AvgIpc) is 2.63. The molecule has 0 fully saturated rings. The van der Waals surface area contributed by atoms with Crippen LogP contribution in [0.4, 0.5) is 19.0 Å². The van der Waals surface area contributed by atoms with Crippen LogP contribution in [0.5, 0.6) is 5.88 Å². The van der Waals surface area contributed by atoms with E-state index in [2.05, 4.69) is 36.4 Å². The maximum absolute atomic E-state index is 14.4. The molecular weight excluding hydrogens is 425 g/mol. The number of rotatable bonds is 5. The van der Waals surface area contributed by atoms with Gasteiger partial charge in [0.05, 0.1) is 28.9 Å². The highest BCUT2D eigenvalue weighted by molar-refractivity contribution is 9.10. The highest BCUT2D eigenvalue weighted by atomic mass is 79.9. The number of aromatic nitrogens is 3. The first-order valence-electron chi connectivity index (χ1n) is 8.04. The van der Waals surface area contributed by atoms with Gasteiger partial charge in [0.15, 0.2) is 5.82 Å². The van der Waals surface area contributed by atoms with E-state index in [0.29, 0.717) is 32.8 Å². The number of aryl methyl sites for hydroxylation is 1. The largest absolute Gasteiger partial charge is 0.480 e. The Labute approximate surface area is 162 Å². The highest BCUT2D eigenvalue weighted by Gasteiger charge is 2.21. The lowest BCUT2D eigenvalue weighted by molar-refractivity contribution is 0.146. The van der Waals surface area contributed by atoms with Crippen LogP contribution in [-0.4, -0.2) is 22.3 Å². The highest BCUT2D eigenvalue weighted by Crippen LogP contribution is 2.33. The Morgan fingerprint density at radius 2 is 1.89 bits per heavy atom. The van der Waals surface area contributed by atoms with E-state index < -0.39 is 23.8 Å². The molecule has 9 heteroatoms. The van der Waals surface area contributed by atoms with Crippen molar-refractivity contribution in [2.45, 2.75) is 26.3 Å². The first kappa shape index (κ1) is 19.3. The summed E-state index contributed by atoms with van der Waals surface area (Å²) >= 11 is 3.38. The standard InChI is InChI=1S/C18H16BrF3N4O/c1-8(10-5-4-6-11(14(10)20)16(21)22)23-17-12-7-13(19)18(27-3)24-15(12)9(2)25-26-17/h4-8,16H,1-3H3,(H,23,26)/t8-/m1/s1. The molecule has 0 amide bonds. The van der Waals surface area contributed by atoms with Crippen molar-refractivity contribution >= 4 is 32.7 Å². The second-order valence-electron chi connectivity index (χ2n) is 5.93. The quantitative estimate of drug-likeness (QED) is 0.578. The SMILES string of the molecule is COc1nc2c(C)nnc(N[C@H](C)c3cccc(C(F)F)c3F)c2cc1Br. The Morgan fingerprint density at radius 1 is 1.19 bits per heavy atom. The van der Waals surface area contributed by atoms with Crippen molar-refractivity contribution in [3.63, 3.8) is 0 Å². The third-order valence-electron chi connectivity index (χ3n) is 4.15. The molecule has 3 rings (SSSR count). The number of hydrogen-bond donors (Lipinski definition) is 1. The van der Waals surface area contributed by atoms with E-state index >= 15 is 0 Å². The third kappa shape index (κ3) is 3.69. The fourth-order valence-electron chi connectivity index (χ4n) is 2.76. The summed E-state index contributed by atoms with van der Waals surface area (Å²) in [4.78, 5) is 4.40. The van der Waals surface area contributed by atoms with Gasteiger partial charge in [0.2, 0.25) is 5.88 Å². The molecule has 0 aliphatic carbocycles. The van der Waals surface area contributed by atoms with Crippen LogP contribution in [0.1, 0.15) is 36.2 Å². The molecule has 3 aromatic rings. The summed E-state index contributed by atoms with van der Waals surface area (Å²) in [5, 5.41) is 11.9. The number of hydrogen-bond acceptors (Lipinski definition) is 5. The second-order valence-corrected chi connectivity index (χ2v) is 6.78. The molecule has 0 spiro atoms. The zero-order chi connectivity index (χ0) is 19.7. The second kappa shape index (κ2) is 7.67. The van der Waals surface area contributed by atoms with Crippen LogP contribution in [0.25, 0.3) is 10.9 Å². The van der Waals surface area contributed by atoms with Gasteiger partial charge in [-0.1, -0.05) is 18.2 Å². The topological polar surface area (TPSA) is 59.9 Å². The van der Waals surface area contributed by atoms with E-state index in [1.807, 2.05) is 0 Å². The molecule has 2 heterocycles. The number of anilines is 1. The molecule has 1 N–H and O–H groups in total. The van der Waals surface area contributed by atoms with Crippen LogP contribution in [0, 0.1) is 12.7 Å². The molecule has 5 nitrogen and oxygen atoms in total. The minimum atomic E-state index is -2.88. The normalized spacial score (nSPS) is 12.4. The van der Waals surface area contributed by atoms with Crippen LogP contribution >= 0.6 is 15.9 Å². The molecule has 0 unspecified atom stereocenters. The van der Waals surface area contributed by atoms with Crippen molar-refractivity contribution in [2.75, 3.05) is 12.4 Å². The van der Waals surface area contributed by atoms with Gasteiger partial charge in [-0.2, -0.15) is 5.10 Å². The van der Waals surface area contributed by atoms with Gasteiger partial charge in [0, 0.05) is 10.9 Å². The predicted molar refractivity (Wildman–Crippen MR) is 99.7 cm³/mol. The fraction of sp³-hybridized carbons (Fsp3) is 0.278. The van der Waals surface area contributed by atoms with Gasteiger partial charge in [0.1, 0.15) is 11.3 Å². The maximum Gasteiger partial charge on any atom is 0.266 e.